The first-order chi connectivity index (χ1) is 12.7. The summed E-state index contributed by atoms with van der Waals surface area (Å²) in [5.41, 5.74) is 3.29. The summed E-state index contributed by atoms with van der Waals surface area (Å²) >= 11 is 1.74. The Morgan fingerprint density at radius 3 is 2.70 bits per heavy atom. The van der Waals surface area contributed by atoms with Crippen LogP contribution in [-0.2, 0) is 13.0 Å². The zero-order chi connectivity index (χ0) is 18.2. The van der Waals surface area contributed by atoms with E-state index in [1.54, 1.807) is 18.4 Å². The topological polar surface area (TPSA) is 62.2 Å². The second-order valence-corrected chi connectivity index (χ2v) is 7.20. The van der Waals surface area contributed by atoms with Crippen molar-refractivity contribution in [2.75, 3.05) is 13.6 Å². The summed E-state index contributed by atoms with van der Waals surface area (Å²) in [6.07, 6.45) is 4.63. The van der Waals surface area contributed by atoms with E-state index in [2.05, 4.69) is 56.8 Å². The number of aliphatic imine (C=N–C) groups is 1. The largest absolute Gasteiger partial charge is 0.356 e. The van der Waals surface area contributed by atoms with Crippen molar-refractivity contribution < 1.29 is 0 Å². The highest BCUT2D eigenvalue weighted by atomic mass is 127. The van der Waals surface area contributed by atoms with Crippen LogP contribution in [0.25, 0.3) is 11.3 Å². The van der Waals surface area contributed by atoms with Gasteiger partial charge in [-0.15, -0.1) is 35.3 Å². The molecule has 0 aliphatic heterocycles. The first kappa shape index (κ1) is 21.3. The zero-order valence-electron chi connectivity index (χ0n) is 15.5. The van der Waals surface area contributed by atoms with E-state index in [9.17, 15) is 0 Å². The summed E-state index contributed by atoms with van der Waals surface area (Å²) < 4.78 is 0. The summed E-state index contributed by atoms with van der Waals surface area (Å²) in [7, 11) is 1.78. The number of hydrogen-bond donors (Lipinski definition) is 2. The molecule has 7 heteroatoms. The summed E-state index contributed by atoms with van der Waals surface area (Å²) in [5.74, 6) is 0.793. The smallest absolute Gasteiger partial charge is 0.191 e. The maximum absolute atomic E-state index is 4.41. The van der Waals surface area contributed by atoms with Gasteiger partial charge in [-0.1, -0.05) is 24.3 Å². The number of pyridine rings is 1. The van der Waals surface area contributed by atoms with Crippen LogP contribution < -0.4 is 10.6 Å². The van der Waals surface area contributed by atoms with Crippen LogP contribution in [0.5, 0.6) is 0 Å². The van der Waals surface area contributed by atoms with Gasteiger partial charge in [0.2, 0.25) is 0 Å². The van der Waals surface area contributed by atoms with Gasteiger partial charge in [-0.25, -0.2) is 4.98 Å². The minimum atomic E-state index is 0. The summed E-state index contributed by atoms with van der Waals surface area (Å²) in [5, 5.41) is 7.84. The highest BCUT2D eigenvalue weighted by Crippen LogP contribution is 2.17. The minimum Gasteiger partial charge on any atom is -0.356 e. The molecular formula is C20H24IN5S. The Hall–Kier alpha value is -2.00. The van der Waals surface area contributed by atoms with Crippen molar-refractivity contribution in [3.8, 4) is 11.3 Å². The highest BCUT2D eigenvalue weighted by Gasteiger charge is 2.03. The monoisotopic (exact) mass is 493 g/mol. The Morgan fingerprint density at radius 2 is 2.00 bits per heavy atom. The predicted molar refractivity (Wildman–Crippen MR) is 124 cm³/mol. The maximum atomic E-state index is 4.41. The normalized spacial score (nSPS) is 11.0. The average molecular weight is 493 g/mol. The Morgan fingerprint density at radius 1 is 1.11 bits per heavy atom. The van der Waals surface area contributed by atoms with Crippen LogP contribution in [0.3, 0.4) is 0 Å². The van der Waals surface area contributed by atoms with Crippen LogP contribution in [-0.4, -0.2) is 29.5 Å². The number of nitrogens with one attached hydrogen (secondary N) is 2. The molecule has 0 saturated carbocycles. The molecule has 2 heterocycles. The number of nitrogens with zero attached hydrogens (tertiary/aromatic N) is 3. The quantitative estimate of drug-likeness (QED) is 0.309. The Labute approximate surface area is 181 Å². The van der Waals surface area contributed by atoms with Crippen molar-refractivity contribution in [3.05, 3.63) is 70.3 Å². The van der Waals surface area contributed by atoms with Crippen LogP contribution in [0.2, 0.25) is 0 Å². The summed E-state index contributed by atoms with van der Waals surface area (Å²) in [6.45, 7) is 3.59. The van der Waals surface area contributed by atoms with Gasteiger partial charge in [-0.05, 0) is 30.7 Å². The van der Waals surface area contributed by atoms with Crippen LogP contribution in [0, 0.1) is 6.92 Å². The first-order valence-electron chi connectivity index (χ1n) is 8.61. The number of aryl methyl sites for hydroxylation is 1. The lowest BCUT2D eigenvalue weighted by molar-refractivity contribution is 0.792. The van der Waals surface area contributed by atoms with Gasteiger partial charge in [-0.3, -0.25) is 9.98 Å². The molecule has 0 aliphatic carbocycles. The van der Waals surface area contributed by atoms with Crippen LogP contribution in [0.4, 0.5) is 0 Å². The number of hydrogen-bond acceptors (Lipinski definition) is 4. The van der Waals surface area contributed by atoms with E-state index in [-0.39, 0.29) is 24.0 Å². The lowest BCUT2D eigenvalue weighted by Gasteiger charge is -2.12. The third-order valence-electron chi connectivity index (χ3n) is 3.87. The molecule has 27 heavy (non-hydrogen) atoms. The fraction of sp³-hybridized carbons (Fsp3) is 0.250. The van der Waals surface area contributed by atoms with Crippen molar-refractivity contribution in [1.82, 2.24) is 20.6 Å². The van der Waals surface area contributed by atoms with Crippen molar-refractivity contribution in [2.45, 2.75) is 19.9 Å². The summed E-state index contributed by atoms with van der Waals surface area (Å²) in [6, 6.07) is 14.3. The number of guanidine groups is 1. The Kier molecular flexibility index (Phi) is 8.66. The molecule has 0 aliphatic rings. The molecule has 2 N–H and O–H groups in total. The molecule has 2 aromatic heterocycles. The van der Waals surface area contributed by atoms with Crippen LogP contribution >= 0.6 is 35.3 Å². The van der Waals surface area contributed by atoms with Crippen LogP contribution in [0.15, 0.2) is 59.9 Å². The maximum Gasteiger partial charge on any atom is 0.191 e. The number of halogens is 1. The molecule has 0 saturated heterocycles. The van der Waals surface area contributed by atoms with Gasteiger partial charge in [0.15, 0.2) is 5.96 Å². The van der Waals surface area contributed by atoms with Gasteiger partial charge >= 0.3 is 0 Å². The molecule has 0 fully saturated rings. The molecule has 3 aromatic rings. The standard InChI is InChI=1S/C20H23N5S.HI/c1-15-13-24-19(26-15)9-11-23-20(21-2)25-14-16-6-5-7-17(12-16)18-8-3-4-10-22-18;/h3-8,10,12-13H,9,11,14H2,1-2H3,(H2,21,23,25);1H. The fourth-order valence-electron chi connectivity index (χ4n) is 2.59. The van der Waals surface area contributed by atoms with E-state index in [1.807, 2.05) is 30.6 Å². The lowest BCUT2D eigenvalue weighted by Crippen LogP contribution is -2.37. The van der Waals surface area contributed by atoms with E-state index in [1.165, 1.54) is 10.4 Å². The zero-order valence-corrected chi connectivity index (χ0v) is 18.6. The number of thiazole rings is 1. The molecule has 3 rings (SSSR count). The number of aromatic nitrogens is 2. The third kappa shape index (κ3) is 6.59. The molecule has 0 unspecified atom stereocenters. The molecule has 5 nitrogen and oxygen atoms in total. The number of rotatable bonds is 6. The van der Waals surface area contributed by atoms with Gasteiger partial charge in [0.05, 0.1) is 10.7 Å². The second kappa shape index (κ2) is 11.0. The number of benzene rings is 1. The van der Waals surface area contributed by atoms with E-state index >= 15 is 0 Å². The highest BCUT2D eigenvalue weighted by molar-refractivity contribution is 14.0. The van der Waals surface area contributed by atoms with Crippen LogP contribution in [0.1, 0.15) is 15.4 Å². The van der Waals surface area contributed by atoms with Gasteiger partial charge in [0, 0.05) is 49.4 Å². The third-order valence-corrected chi connectivity index (χ3v) is 4.84. The Balaban J connectivity index is 0.00000261. The first-order valence-corrected chi connectivity index (χ1v) is 9.42. The molecule has 0 atom stereocenters. The lowest BCUT2D eigenvalue weighted by atomic mass is 10.1. The van der Waals surface area contributed by atoms with Crippen molar-refractivity contribution >= 4 is 41.3 Å². The van der Waals surface area contributed by atoms with Crippen molar-refractivity contribution in [2.24, 2.45) is 4.99 Å². The van der Waals surface area contributed by atoms with E-state index in [0.717, 1.165) is 35.2 Å². The molecule has 142 valence electrons. The van der Waals surface area contributed by atoms with Gasteiger partial charge in [0.25, 0.3) is 0 Å². The Bertz CT molecular complexity index is 864. The van der Waals surface area contributed by atoms with Gasteiger partial charge in [0.1, 0.15) is 0 Å². The van der Waals surface area contributed by atoms with Gasteiger partial charge in [-0.2, -0.15) is 0 Å². The van der Waals surface area contributed by atoms with Gasteiger partial charge < -0.3 is 10.6 Å². The molecule has 1 aromatic carbocycles. The van der Waals surface area contributed by atoms with Crippen molar-refractivity contribution in [3.63, 3.8) is 0 Å². The molecule has 0 spiro atoms. The van der Waals surface area contributed by atoms with E-state index in [4.69, 9.17) is 0 Å². The minimum absolute atomic E-state index is 0. The van der Waals surface area contributed by atoms with E-state index < -0.39 is 0 Å². The summed E-state index contributed by atoms with van der Waals surface area (Å²) in [4.78, 5) is 14.3. The second-order valence-electron chi connectivity index (χ2n) is 5.88. The molecule has 0 bridgehead atoms. The molecular weight excluding hydrogens is 469 g/mol. The van der Waals surface area contributed by atoms with E-state index in [0.29, 0.717) is 6.54 Å². The SMILES string of the molecule is CN=C(NCCc1ncc(C)s1)NCc1cccc(-c2ccccn2)c1.I. The predicted octanol–water partition coefficient (Wildman–Crippen LogP) is 4.04. The van der Waals surface area contributed by atoms with Crippen molar-refractivity contribution in [1.29, 1.82) is 0 Å². The molecule has 0 amide bonds. The fourth-order valence-corrected chi connectivity index (χ4v) is 3.37. The average Bonchev–Trinajstić information content (AvgIpc) is 3.10. The molecule has 0 radical (unpaired) electrons.